The lowest BCUT2D eigenvalue weighted by Gasteiger charge is -2.05. The zero-order valence-corrected chi connectivity index (χ0v) is 13.7. The zero-order chi connectivity index (χ0) is 16.9. The number of hydroxylamine groups is 1. The third-order valence-corrected chi connectivity index (χ3v) is 4.55. The van der Waals surface area contributed by atoms with E-state index >= 15 is 0 Å². The number of aromatic nitrogens is 4. The molecule has 122 valence electrons. The summed E-state index contributed by atoms with van der Waals surface area (Å²) in [5.41, 5.74) is 4.03. The molecule has 0 radical (unpaired) electrons. The molecule has 24 heavy (non-hydrogen) atoms. The van der Waals surface area contributed by atoms with Crippen molar-refractivity contribution < 1.29 is 10.0 Å². The standard InChI is InChI=1S/C16H15N5O2S/c1-21-14(12-6-8-17-9-7-12)18-19-16(21)24-10-11-2-4-13(5-3-11)15(22)20-23/h2-9,23H,10H2,1H3,(H,20,22). The van der Waals surface area contributed by atoms with E-state index in [1.165, 1.54) is 0 Å². The Morgan fingerprint density at radius 3 is 2.54 bits per heavy atom. The summed E-state index contributed by atoms with van der Waals surface area (Å²) in [7, 11) is 1.92. The van der Waals surface area contributed by atoms with Crippen LogP contribution in [0.1, 0.15) is 15.9 Å². The summed E-state index contributed by atoms with van der Waals surface area (Å²) in [5, 5.41) is 17.9. The molecule has 7 nitrogen and oxygen atoms in total. The van der Waals surface area contributed by atoms with Crippen molar-refractivity contribution >= 4 is 17.7 Å². The van der Waals surface area contributed by atoms with Gasteiger partial charge in [0, 0.05) is 36.3 Å². The van der Waals surface area contributed by atoms with E-state index in [9.17, 15) is 4.79 Å². The monoisotopic (exact) mass is 341 g/mol. The molecule has 0 unspecified atom stereocenters. The van der Waals surface area contributed by atoms with Crippen LogP contribution < -0.4 is 5.48 Å². The first-order chi connectivity index (χ1) is 11.7. The van der Waals surface area contributed by atoms with Gasteiger partial charge in [-0.1, -0.05) is 23.9 Å². The van der Waals surface area contributed by atoms with E-state index < -0.39 is 5.91 Å². The lowest BCUT2D eigenvalue weighted by Crippen LogP contribution is -2.18. The van der Waals surface area contributed by atoms with E-state index in [4.69, 9.17) is 5.21 Å². The van der Waals surface area contributed by atoms with Gasteiger partial charge in [-0.05, 0) is 29.8 Å². The number of pyridine rings is 1. The molecular formula is C16H15N5O2S. The molecule has 0 aliphatic carbocycles. The van der Waals surface area contributed by atoms with Gasteiger partial charge >= 0.3 is 0 Å². The topological polar surface area (TPSA) is 92.9 Å². The number of hydrogen-bond donors (Lipinski definition) is 2. The molecule has 0 saturated carbocycles. The van der Waals surface area contributed by atoms with Crippen LogP contribution in [-0.4, -0.2) is 30.9 Å². The smallest absolute Gasteiger partial charge is 0.274 e. The number of amides is 1. The van der Waals surface area contributed by atoms with Crippen LogP contribution in [0.4, 0.5) is 0 Å². The van der Waals surface area contributed by atoms with Crippen LogP contribution in [0.25, 0.3) is 11.4 Å². The molecule has 0 bridgehead atoms. The highest BCUT2D eigenvalue weighted by Gasteiger charge is 2.11. The van der Waals surface area contributed by atoms with Gasteiger partial charge in [-0.15, -0.1) is 10.2 Å². The Kier molecular flexibility index (Phi) is 4.88. The van der Waals surface area contributed by atoms with Gasteiger partial charge in [0.2, 0.25) is 0 Å². The minimum Gasteiger partial charge on any atom is -0.305 e. The lowest BCUT2D eigenvalue weighted by molar-refractivity contribution is 0.0706. The zero-order valence-electron chi connectivity index (χ0n) is 12.9. The van der Waals surface area contributed by atoms with E-state index in [1.807, 2.05) is 35.9 Å². The van der Waals surface area contributed by atoms with Crippen molar-refractivity contribution in [2.75, 3.05) is 0 Å². The van der Waals surface area contributed by atoms with Crippen molar-refractivity contribution in [3.05, 3.63) is 59.9 Å². The third-order valence-electron chi connectivity index (χ3n) is 3.46. The largest absolute Gasteiger partial charge is 0.305 e. The molecule has 0 fully saturated rings. The van der Waals surface area contributed by atoms with Gasteiger partial charge in [0.15, 0.2) is 11.0 Å². The molecule has 3 aromatic rings. The van der Waals surface area contributed by atoms with Gasteiger partial charge < -0.3 is 4.57 Å². The normalized spacial score (nSPS) is 10.6. The Labute approximate surface area is 142 Å². The van der Waals surface area contributed by atoms with Gasteiger partial charge in [0.1, 0.15) is 0 Å². The van der Waals surface area contributed by atoms with Crippen LogP contribution in [0.15, 0.2) is 53.9 Å². The summed E-state index contributed by atoms with van der Waals surface area (Å²) in [5.74, 6) is 0.961. The molecule has 1 aromatic carbocycles. The van der Waals surface area contributed by atoms with Gasteiger partial charge in [-0.2, -0.15) is 0 Å². The first kappa shape index (κ1) is 16.2. The van der Waals surface area contributed by atoms with Crippen molar-refractivity contribution in [2.45, 2.75) is 10.9 Å². The predicted molar refractivity (Wildman–Crippen MR) is 89.5 cm³/mol. The summed E-state index contributed by atoms with van der Waals surface area (Å²) in [6.07, 6.45) is 3.45. The fourth-order valence-electron chi connectivity index (χ4n) is 2.16. The number of nitrogens with zero attached hydrogens (tertiary/aromatic N) is 4. The van der Waals surface area contributed by atoms with E-state index in [1.54, 1.807) is 41.8 Å². The van der Waals surface area contributed by atoms with Crippen LogP contribution >= 0.6 is 11.8 Å². The number of hydrogen-bond acceptors (Lipinski definition) is 6. The Morgan fingerprint density at radius 1 is 1.17 bits per heavy atom. The highest BCUT2D eigenvalue weighted by atomic mass is 32.2. The maximum atomic E-state index is 11.3. The maximum Gasteiger partial charge on any atom is 0.274 e. The van der Waals surface area contributed by atoms with Crippen LogP contribution in [-0.2, 0) is 12.8 Å². The Balaban J connectivity index is 1.69. The molecule has 0 saturated heterocycles. The van der Waals surface area contributed by atoms with Crippen molar-refractivity contribution in [1.29, 1.82) is 0 Å². The molecule has 2 heterocycles. The van der Waals surface area contributed by atoms with Crippen LogP contribution in [0.3, 0.4) is 0 Å². The number of nitrogens with one attached hydrogen (secondary N) is 1. The summed E-state index contributed by atoms with van der Waals surface area (Å²) >= 11 is 1.56. The predicted octanol–water partition coefficient (Wildman–Crippen LogP) is 2.29. The minimum atomic E-state index is -0.524. The van der Waals surface area contributed by atoms with Crippen molar-refractivity contribution in [3.8, 4) is 11.4 Å². The third kappa shape index (κ3) is 3.44. The van der Waals surface area contributed by atoms with Crippen LogP contribution in [0.2, 0.25) is 0 Å². The van der Waals surface area contributed by atoms with Gasteiger partial charge in [0.05, 0.1) is 0 Å². The van der Waals surface area contributed by atoms with Gasteiger partial charge in [-0.25, -0.2) is 5.48 Å². The molecular weight excluding hydrogens is 326 g/mol. The average molecular weight is 341 g/mol. The van der Waals surface area contributed by atoms with Crippen molar-refractivity contribution in [3.63, 3.8) is 0 Å². The average Bonchev–Trinajstić information content (AvgIpc) is 3.01. The molecule has 8 heteroatoms. The highest BCUT2D eigenvalue weighted by molar-refractivity contribution is 7.98. The molecule has 2 aromatic heterocycles. The molecule has 1 amide bonds. The highest BCUT2D eigenvalue weighted by Crippen LogP contribution is 2.25. The Morgan fingerprint density at radius 2 is 1.88 bits per heavy atom. The van der Waals surface area contributed by atoms with E-state index in [0.29, 0.717) is 11.3 Å². The first-order valence-electron chi connectivity index (χ1n) is 7.15. The maximum absolute atomic E-state index is 11.3. The van der Waals surface area contributed by atoms with Crippen LogP contribution in [0, 0.1) is 0 Å². The quantitative estimate of drug-likeness (QED) is 0.420. The Hall–Kier alpha value is -2.71. The second-order valence-electron chi connectivity index (χ2n) is 5.03. The van der Waals surface area contributed by atoms with E-state index in [2.05, 4.69) is 15.2 Å². The lowest BCUT2D eigenvalue weighted by atomic mass is 10.1. The molecule has 0 spiro atoms. The first-order valence-corrected chi connectivity index (χ1v) is 8.13. The number of thioether (sulfide) groups is 1. The number of carbonyl (C=O) groups excluding carboxylic acids is 1. The summed E-state index contributed by atoms with van der Waals surface area (Å²) < 4.78 is 1.94. The summed E-state index contributed by atoms with van der Waals surface area (Å²) in [4.78, 5) is 15.3. The second-order valence-corrected chi connectivity index (χ2v) is 5.97. The molecule has 2 N–H and O–H groups in total. The minimum absolute atomic E-state index is 0.407. The van der Waals surface area contributed by atoms with Gasteiger partial charge in [-0.3, -0.25) is 15.0 Å². The summed E-state index contributed by atoms with van der Waals surface area (Å²) in [6.45, 7) is 0. The number of rotatable bonds is 5. The number of benzene rings is 1. The molecule has 0 atom stereocenters. The van der Waals surface area contributed by atoms with Crippen molar-refractivity contribution in [2.24, 2.45) is 7.05 Å². The second kappa shape index (κ2) is 7.24. The number of carbonyl (C=O) groups is 1. The molecule has 0 aliphatic heterocycles. The van der Waals surface area contributed by atoms with Gasteiger partial charge in [0.25, 0.3) is 5.91 Å². The van der Waals surface area contributed by atoms with E-state index in [0.717, 1.165) is 22.1 Å². The Bertz CT molecular complexity index is 833. The molecule has 0 aliphatic rings. The van der Waals surface area contributed by atoms with E-state index in [-0.39, 0.29) is 0 Å². The SMILES string of the molecule is Cn1c(SCc2ccc(C(=O)NO)cc2)nnc1-c1ccncc1. The van der Waals surface area contributed by atoms with Crippen molar-refractivity contribution in [1.82, 2.24) is 25.2 Å². The fourth-order valence-corrected chi connectivity index (χ4v) is 3.02. The summed E-state index contributed by atoms with van der Waals surface area (Å²) in [6, 6.07) is 10.8. The fraction of sp³-hybridized carbons (Fsp3) is 0.125. The van der Waals surface area contributed by atoms with Crippen LogP contribution in [0.5, 0.6) is 0 Å². The molecule has 3 rings (SSSR count).